The van der Waals surface area contributed by atoms with Crippen molar-refractivity contribution < 1.29 is 14.3 Å². The van der Waals surface area contributed by atoms with Gasteiger partial charge in [-0.2, -0.15) is 0 Å². The highest BCUT2D eigenvalue weighted by Gasteiger charge is 2.24. The summed E-state index contributed by atoms with van der Waals surface area (Å²) in [4.78, 5) is 11.0. The average molecular weight is 248 g/mol. The van der Waals surface area contributed by atoms with Crippen LogP contribution in [0, 0.1) is 0 Å². The number of cyclic esters (lactones) is 1. The Morgan fingerprint density at radius 2 is 2.06 bits per heavy atom. The quantitative estimate of drug-likeness (QED) is 0.569. The van der Waals surface area contributed by atoms with E-state index in [4.69, 9.17) is 9.47 Å². The highest BCUT2D eigenvalue weighted by atomic mass is 16.5. The number of hydrogen-bond donors (Lipinski definition) is 0. The fraction of sp³-hybridized carbons (Fsp3) is 0.533. The summed E-state index contributed by atoms with van der Waals surface area (Å²) in [5.74, 6) is 0.791. The van der Waals surface area contributed by atoms with Crippen LogP contribution in [0.3, 0.4) is 0 Å². The molecule has 3 nitrogen and oxygen atoms in total. The van der Waals surface area contributed by atoms with Crippen molar-refractivity contribution in [1.82, 2.24) is 0 Å². The lowest BCUT2D eigenvalue weighted by molar-refractivity contribution is -0.141. The Morgan fingerprint density at radius 1 is 1.28 bits per heavy atom. The number of hydrogen-bond acceptors (Lipinski definition) is 3. The summed E-state index contributed by atoms with van der Waals surface area (Å²) in [6.07, 6.45) is 4.76. The second-order valence-corrected chi connectivity index (χ2v) is 4.64. The molecule has 1 aromatic rings. The first kappa shape index (κ1) is 12.9. The van der Waals surface area contributed by atoms with Crippen LogP contribution >= 0.6 is 0 Å². The van der Waals surface area contributed by atoms with E-state index in [0.717, 1.165) is 30.8 Å². The van der Waals surface area contributed by atoms with Gasteiger partial charge in [0.15, 0.2) is 0 Å². The molecule has 0 aliphatic carbocycles. The van der Waals surface area contributed by atoms with Crippen LogP contribution in [0.5, 0.6) is 5.75 Å². The molecule has 0 radical (unpaired) electrons. The van der Waals surface area contributed by atoms with E-state index in [1.54, 1.807) is 0 Å². The minimum atomic E-state index is -0.0973. The number of unbranched alkanes of at least 4 members (excludes halogenated alkanes) is 2. The molecule has 1 atom stereocenters. The third-order valence-corrected chi connectivity index (χ3v) is 3.15. The molecule has 0 saturated carbocycles. The molecule has 1 fully saturated rings. The van der Waals surface area contributed by atoms with Gasteiger partial charge in [-0.3, -0.25) is 4.79 Å². The fourth-order valence-corrected chi connectivity index (χ4v) is 2.08. The number of rotatable bonds is 6. The molecule has 0 N–H and O–H groups in total. The molecule has 2 rings (SSSR count). The van der Waals surface area contributed by atoms with E-state index in [1.165, 1.54) is 12.8 Å². The highest BCUT2D eigenvalue weighted by Crippen LogP contribution is 2.30. The van der Waals surface area contributed by atoms with Gasteiger partial charge in [0.25, 0.3) is 0 Å². The van der Waals surface area contributed by atoms with Crippen molar-refractivity contribution >= 4 is 5.97 Å². The first-order chi connectivity index (χ1) is 8.79. The Kier molecular flexibility index (Phi) is 4.62. The van der Waals surface area contributed by atoms with Crippen LogP contribution in [0.4, 0.5) is 0 Å². The molecule has 1 heterocycles. The Labute approximate surface area is 108 Å². The molecule has 0 bridgehead atoms. The second kappa shape index (κ2) is 6.43. The summed E-state index contributed by atoms with van der Waals surface area (Å²) in [5.41, 5.74) is 1.06. The van der Waals surface area contributed by atoms with Crippen molar-refractivity contribution in [3.63, 3.8) is 0 Å². The molecule has 0 amide bonds. The molecule has 1 aliphatic rings. The van der Waals surface area contributed by atoms with Crippen LogP contribution in [0.2, 0.25) is 0 Å². The lowest BCUT2D eigenvalue weighted by Gasteiger charge is -2.11. The lowest BCUT2D eigenvalue weighted by Crippen LogP contribution is -2.00. The Bertz CT molecular complexity index is 383. The minimum Gasteiger partial charge on any atom is -0.494 e. The van der Waals surface area contributed by atoms with Gasteiger partial charge in [-0.15, -0.1) is 0 Å². The van der Waals surface area contributed by atoms with Gasteiger partial charge in [-0.05, 0) is 30.5 Å². The summed E-state index contributed by atoms with van der Waals surface area (Å²) >= 11 is 0. The zero-order valence-corrected chi connectivity index (χ0v) is 10.9. The van der Waals surface area contributed by atoms with Crippen LogP contribution in [0.15, 0.2) is 24.3 Å². The SMILES string of the molecule is CCCCCOc1ccc([C@H]2CCC(=O)O2)cc1. The van der Waals surface area contributed by atoms with Crippen molar-refractivity contribution in [2.24, 2.45) is 0 Å². The Balaban J connectivity index is 1.83. The van der Waals surface area contributed by atoms with Gasteiger partial charge in [0.1, 0.15) is 11.9 Å². The van der Waals surface area contributed by atoms with E-state index in [-0.39, 0.29) is 12.1 Å². The largest absolute Gasteiger partial charge is 0.494 e. The van der Waals surface area contributed by atoms with Crippen LogP contribution in [-0.4, -0.2) is 12.6 Å². The smallest absolute Gasteiger partial charge is 0.306 e. The molecular formula is C15H20O3. The maximum atomic E-state index is 11.0. The lowest BCUT2D eigenvalue weighted by atomic mass is 10.1. The topological polar surface area (TPSA) is 35.5 Å². The van der Waals surface area contributed by atoms with Crippen molar-refractivity contribution in [3.05, 3.63) is 29.8 Å². The van der Waals surface area contributed by atoms with Gasteiger partial charge >= 0.3 is 5.97 Å². The summed E-state index contributed by atoms with van der Waals surface area (Å²) in [7, 11) is 0. The van der Waals surface area contributed by atoms with Crippen molar-refractivity contribution in [2.75, 3.05) is 6.61 Å². The number of carbonyl (C=O) groups excluding carboxylic acids is 1. The van der Waals surface area contributed by atoms with Crippen LogP contribution in [-0.2, 0) is 9.53 Å². The van der Waals surface area contributed by atoms with Crippen LogP contribution < -0.4 is 4.74 Å². The maximum absolute atomic E-state index is 11.0. The standard InChI is InChI=1S/C15H20O3/c1-2-3-4-11-17-13-7-5-12(6-8-13)14-9-10-15(16)18-14/h5-8,14H,2-4,9-11H2,1H3/t14-/m1/s1. The molecule has 0 unspecified atom stereocenters. The van der Waals surface area contributed by atoms with E-state index in [9.17, 15) is 4.79 Å². The third kappa shape index (κ3) is 3.49. The van der Waals surface area contributed by atoms with Crippen LogP contribution in [0.1, 0.15) is 50.7 Å². The van der Waals surface area contributed by atoms with Crippen molar-refractivity contribution in [3.8, 4) is 5.75 Å². The number of benzene rings is 1. The zero-order chi connectivity index (χ0) is 12.8. The molecular weight excluding hydrogens is 228 g/mol. The average Bonchev–Trinajstić information content (AvgIpc) is 2.82. The Hall–Kier alpha value is -1.51. The van der Waals surface area contributed by atoms with Gasteiger partial charge in [0.2, 0.25) is 0 Å². The van der Waals surface area contributed by atoms with E-state index < -0.39 is 0 Å². The molecule has 1 aromatic carbocycles. The van der Waals surface area contributed by atoms with Crippen LogP contribution in [0.25, 0.3) is 0 Å². The van der Waals surface area contributed by atoms with Gasteiger partial charge in [-0.25, -0.2) is 0 Å². The first-order valence-electron chi connectivity index (χ1n) is 6.72. The summed E-state index contributed by atoms with van der Waals surface area (Å²) in [6.45, 7) is 2.95. The number of carbonyl (C=O) groups is 1. The van der Waals surface area contributed by atoms with Gasteiger partial charge < -0.3 is 9.47 Å². The van der Waals surface area contributed by atoms with E-state index in [2.05, 4.69) is 6.92 Å². The molecule has 3 heteroatoms. The second-order valence-electron chi connectivity index (χ2n) is 4.64. The molecule has 1 saturated heterocycles. The van der Waals surface area contributed by atoms with E-state index in [1.807, 2.05) is 24.3 Å². The minimum absolute atomic E-state index is 0.0633. The van der Waals surface area contributed by atoms with Crippen molar-refractivity contribution in [1.29, 1.82) is 0 Å². The summed E-state index contributed by atoms with van der Waals surface area (Å²) in [6, 6.07) is 7.87. The summed E-state index contributed by atoms with van der Waals surface area (Å²) in [5, 5.41) is 0. The van der Waals surface area contributed by atoms with Gasteiger partial charge in [0.05, 0.1) is 6.61 Å². The third-order valence-electron chi connectivity index (χ3n) is 3.15. The zero-order valence-electron chi connectivity index (χ0n) is 10.9. The molecule has 18 heavy (non-hydrogen) atoms. The van der Waals surface area contributed by atoms with E-state index >= 15 is 0 Å². The number of ether oxygens (including phenoxy) is 2. The normalized spacial score (nSPS) is 18.7. The predicted octanol–water partition coefficient (Wildman–Crippen LogP) is 3.63. The maximum Gasteiger partial charge on any atom is 0.306 e. The molecule has 0 spiro atoms. The van der Waals surface area contributed by atoms with Gasteiger partial charge in [-0.1, -0.05) is 31.9 Å². The first-order valence-corrected chi connectivity index (χ1v) is 6.72. The predicted molar refractivity (Wildman–Crippen MR) is 69.5 cm³/mol. The van der Waals surface area contributed by atoms with Crippen molar-refractivity contribution in [2.45, 2.75) is 45.1 Å². The van der Waals surface area contributed by atoms with Gasteiger partial charge in [0, 0.05) is 6.42 Å². The Morgan fingerprint density at radius 3 is 2.67 bits per heavy atom. The summed E-state index contributed by atoms with van der Waals surface area (Å²) < 4.78 is 10.9. The van der Waals surface area contributed by atoms with E-state index in [0.29, 0.717) is 6.42 Å². The molecule has 1 aliphatic heterocycles. The fourth-order valence-electron chi connectivity index (χ4n) is 2.08. The number of esters is 1. The monoisotopic (exact) mass is 248 g/mol. The molecule has 0 aromatic heterocycles. The molecule has 98 valence electrons. The highest BCUT2D eigenvalue weighted by molar-refractivity contribution is 5.71.